The van der Waals surface area contributed by atoms with Gasteiger partial charge < -0.3 is 14.6 Å². The number of ether oxygens (including phenoxy) is 2. The molecule has 4 heteroatoms. The molecule has 106 valence electrons. The molecule has 2 aromatic rings. The van der Waals surface area contributed by atoms with Crippen LogP contribution in [0.4, 0.5) is 4.39 Å². The molecule has 0 heterocycles. The Labute approximate surface area is 117 Å². The van der Waals surface area contributed by atoms with Crippen LogP contribution < -0.4 is 9.47 Å². The van der Waals surface area contributed by atoms with Crippen molar-refractivity contribution < 1.29 is 19.0 Å². The molecule has 3 nitrogen and oxygen atoms in total. The minimum atomic E-state index is -0.781. The lowest BCUT2D eigenvalue weighted by molar-refractivity contribution is 0.189. The molecule has 0 saturated heterocycles. The van der Waals surface area contributed by atoms with Gasteiger partial charge in [-0.25, -0.2) is 4.39 Å². The first-order valence-corrected chi connectivity index (χ1v) is 6.33. The van der Waals surface area contributed by atoms with E-state index in [1.807, 2.05) is 24.3 Å². The molecule has 0 spiro atoms. The molecule has 0 aliphatic rings. The van der Waals surface area contributed by atoms with Gasteiger partial charge in [-0.2, -0.15) is 0 Å². The summed E-state index contributed by atoms with van der Waals surface area (Å²) < 4.78 is 23.9. The van der Waals surface area contributed by atoms with Crippen LogP contribution in [0.5, 0.6) is 11.5 Å². The lowest BCUT2D eigenvalue weighted by atomic mass is 10.1. The van der Waals surface area contributed by atoms with Crippen LogP contribution in [0.2, 0.25) is 0 Å². The summed E-state index contributed by atoms with van der Waals surface area (Å²) >= 11 is 0. The van der Waals surface area contributed by atoms with Crippen molar-refractivity contribution >= 4 is 0 Å². The molecule has 0 saturated carbocycles. The second kappa shape index (κ2) is 6.39. The van der Waals surface area contributed by atoms with E-state index in [-0.39, 0.29) is 0 Å². The van der Waals surface area contributed by atoms with Crippen LogP contribution in [0.1, 0.15) is 24.2 Å². The average molecular weight is 276 g/mol. The maximum Gasteiger partial charge on any atom is 0.125 e. The first kappa shape index (κ1) is 14.3. The molecular weight excluding hydrogens is 259 g/mol. The van der Waals surface area contributed by atoms with Gasteiger partial charge >= 0.3 is 0 Å². The number of halogens is 1. The highest BCUT2D eigenvalue weighted by Gasteiger charge is 2.10. The van der Waals surface area contributed by atoms with Crippen molar-refractivity contribution in [3.8, 4) is 11.5 Å². The van der Waals surface area contributed by atoms with Gasteiger partial charge in [0.25, 0.3) is 0 Å². The summed E-state index contributed by atoms with van der Waals surface area (Å²) in [6.07, 6.45) is -0.781. The quantitative estimate of drug-likeness (QED) is 0.908. The predicted octanol–water partition coefficient (Wildman–Crippen LogP) is 3.47. The summed E-state index contributed by atoms with van der Waals surface area (Å²) in [5.41, 5.74) is 1.41. The van der Waals surface area contributed by atoms with Crippen molar-refractivity contribution in [1.29, 1.82) is 0 Å². The minimum Gasteiger partial charge on any atom is -0.497 e. The van der Waals surface area contributed by atoms with Crippen LogP contribution in [0, 0.1) is 5.82 Å². The van der Waals surface area contributed by atoms with Crippen LogP contribution in [0.15, 0.2) is 42.5 Å². The molecule has 1 N–H and O–H groups in total. The Morgan fingerprint density at radius 2 is 1.85 bits per heavy atom. The molecule has 0 bridgehead atoms. The van der Waals surface area contributed by atoms with Gasteiger partial charge in [0.15, 0.2) is 0 Å². The maximum atomic E-state index is 13.2. The number of hydrogen-bond donors (Lipinski definition) is 1. The Morgan fingerprint density at radius 3 is 2.45 bits per heavy atom. The monoisotopic (exact) mass is 276 g/mol. The first-order valence-electron chi connectivity index (χ1n) is 6.33. The van der Waals surface area contributed by atoms with E-state index in [0.29, 0.717) is 17.9 Å². The summed E-state index contributed by atoms with van der Waals surface area (Å²) in [6, 6.07) is 11.6. The molecule has 0 aliphatic carbocycles. The molecule has 1 atom stereocenters. The standard InChI is InChI=1S/C16H17FO3/c1-11(18)15-9-13(17)5-8-16(15)20-10-12-3-6-14(19-2)7-4-12/h3-9,11,18H,10H2,1-2H3/t11-/m0/s1. The molecular formula is C16H17FO3. The molecule has 0 amide bonds. The van der Waals surface area contributed by atoms with E-state index < -0.39 is 11.9 Å². The largest absolute Gasteiger partial charge is 0.497 e. The Morgan fingerprint density at radius 1 is 1.15 bits per heavy atom. The van der Waals surface area contributed by atoms with E-state index in [4.69, 9.17) is 9.47 Å². The van der Waals surface area contributed by atoms with E-state index in [0.717, 1.165) is 11.3 Å². The van der Waals surface area contributed by atoms with Crippen molar-refractivity contribution in [2.24, 2.45) is 0 Å². The third-order valence-electron chi connectivity index (χ3n) is 2.98. The van der Waals surface area contributed by atoms with E-state index in [2.05, 4.69) is 0 Å². The second-order valence-corrected chi connectivity index (χ2v) is 4.49. The SMILES string of the molecule is COc1ccc(COc2ccc(F)cc2[C@H](C)O)cc1. The predicted molar refractivity (Wildman–Crippen MR) is 74.4 cm³/mol. The maximum absolute atomic E-state index is 13.2. The number of hydrogen-bond acceptors (Lipinski definition) is 3. The topological polar surface area (TPSA) is 38.7 Å². The van der Waals surface area contributed by atoms with E-state index in [1.54, 1.807) is 14.0 Å². The molecule has 0 unspecified atom stereocenters. The third kappa shape index (κ3) is 3.48. The summed E-state index contributed by atoms with van der Waals surface area (Å²) in [4.78, 5) is 0. The smallest absolute Gasteiger partial charge is 0.125 e. The average Bonchev–Trinajstić information content (AvgIpc) is 2.46. The lowest BCUT2D eigenvalue weighted by Gasteiger charge is -2.13. The van der Waals surface area contributed by atoms with Crippen molar-refractivity contribution in [3.05, 3.63) is 59.4 Å². The molecule has 2 rings (SSSR count). The zero-order valence-corrected chi connectivity index (χ0v) is 11.5. The summed E-state index contributed by atoms with van der Waals surface area (Å²) in [6.45, 7) is 1.92. The van der Waals surface area contributed by atoms with E-state index >= 15 is 0 Å². The molecule has 0 aromatic heterocycles. The number of aliphatic hydroxyl groups is 1. The van der Waals surface area contributed by atoms with Crippen molar-refractivity contribution in [2.45, 2.75) is 19.6 Å². The molecule has 0 fully saturated rings. The Bertz CT molecular complexity index is 564. The van der Waals surface area contributed by atoms with E-state index in [1.165, 1.54) is 18.2 Å². The van der Waals surface area contributed by atoms with Crippen LogP contribution >= 0.6 is 0 Å². The third-order valence-corrected chi connectivity index (χ3v) is 2.98. The first-order chi connectivity index (χ1) is 9.60. The fraction of sp³-hybridized carbons (Fsp3) is 0.250. The summed E-state index contributed by atoms with van der Waals surface area (Å²) in [7, 11) is 1.61. The van der Waals surface area contributed by atoms with Crippen molar-refractivity contribution in [2.75, 3.05) is 7.11 Å². The summed E-state index contributed by atoms with van der Waals surface area (Å²) in [5.74, 6) is 0.870. The van der Waals surface area contributed by atoms with Gasteiger partial charge in [0, 0.05) is 5.56 Å². The molecule has 0 aliphatic heterocycles. The highest BCUT2D eigenvalue weighted by Crippen LogP contribution is 2.26. The second-order valence-electron chi connectivity index (χ2n) is 4.49. The van der Waals surface area contributed by atoms with Crippen molar-refractivity contribution in [1.82, 2.24) is 0 Å². The Kier molecular flexibility index (Phi) is 4.58. The highest BCUT2D eigenvalue weighted by atomic mass is 19.1. The van der Waals surface area contributed by atoms with Gasteiger partial charge in [-0.3, -0.25) is 0 Å². The lowest BCUT2D eigenvalue weighted by Crippen LogP contribution is -2.01. The molecule has 0 radical (unpaired) electrons. The number of benzene rings is 2. The fourth-order valence-electron chi connectivity index (χ4n) is 1.86. The minimum absolute atomic E-state index is 0.343. The van der Waals surface area contributed by atoms with Gasteiger partial charge in [-0.05, 0) is 42.8 Å². The van der Waals surface area contributed by atoms with Gasteiger partial charge in [-0.15, -0.1) is 0 Å². The van der Waals surface area contributed by atoms with Crippen LogP contribution in [-0.2, 0) is 6.61 Å². The van der Waals surface area contributed by atoms with E-state index in [9.17, 15) is 9.50 Å². The van der Waals surface area contributed by atoms with Gasteiger partial charge in [0.2, 0.25) is 0 Å². The van der Waals surface area contributed by atoms with Crippen molar-refractivity contribution in [3.63, 3.8) is 0 Å². The normalized spacial score (nSPS) is 12.0. The number of methoxy groups -OCH3 is 1. The Balaban J connectivity index is 2.10. The Hall–Kier alpha value is -2.07. The highest BCUT2D eigenvalue weighted by molar-refractivity contribution is 5.36. The number of aliphatic hydroxyl groups excluding tert-OH is 1. The zero-order valence-electron chi connectivity index (χ0n) is 11.5. The van der Waals surface area contributed by atoms with Gasteiger partial charge in [0.1, 0.15) is 23.9 Å². The fourth-order valence-corrected chi connectivity index (χ4v) is 1.86. The van der Waals surface area contributed by atoms with Crippen LogP contribution in [-0.4, -0.2) is 12.2 Å². The zero-order chi connectivity index (χ0) is 14.5. The number of rotatable bonds is 5. The van der Waals surface area contributed by atoms with Crippen LogP contribution in [0.3, 0.4) is 0 Å². The van der Waals surface area contributed by atoms with Crippen LogP contribution in [0.25, 0.3) is 0 Å². The van der Waals surface area contributed by atoms with Gasteiger partial charge in [0.05, 0.1) is 13.2 Å². The van der Waals surface area contributed by atoms with Gasteiger partial charge in [-0.1, -0.05) is 12.1 Å². The molecule has 2 aromatic carbocycles. The molecule has 20 heavy (non-hydrogen) atoms. The summed E-state index contributed by atoms with van der Waals surface area (Å²) in [5, 5.41) is 9.63.